The summed E-state index contributed by atoms with van der Waals surface area (Å²) in [5.41, 5.74) is 0.904. The van der Waals surface area contributed by atoms with Gasteiger partial charge < -0.3 is 5.11 Å². The van der Waals surface area contributed by atoms with Crippen LogP contribution in [0.5, 0.6) is 0 Å². The Kier molecular flexibility index (Phi) is 3.45. The summed E-state index contributed by atoms with van der Waals surface area (Å²) in [6.45, 7) is 1.95. The Balaban J connectivity index is 2.57. The molecule has 2 aromatic rings. The van der Waals surface area contributed by atoms with E-state index < -0.39 is 5.97 Å². The topological polar surface area (TPSA) is 50.2 Å². The van der Waals surface area contributed by atoms with Gasteiger partial charge in [-0.2, -0.15) is 0 Å². The molecule has 2 rings (SSSR count). The molecule has 1 heterocycles. The van der Waals surface area contributed by atoms with E-state index in [4.69, 9.17) is 16.7 Å². The van der Waals surface area contributed by atoms with E-state index in [0.29, 0.717) is 9.90 Å². The van der Waals surface area contributed by atoms with Crippen LogP contribution in [0.2, 0.25) is 5.02 Å². The van der Waals surface area contributed by atoms with E-state index in [1.54, 1.807) is 18.2 Å². The van der Waals surface area contributed by atoms with Crippen molar-refractivity contribution in [1.82, 2.24) is 4.98 Å². The first-order chi connectivity index (χ1) is 8.11. The molecule has 0 aliphatic carbocycles. The van der Waals surface area contributed by atoms with Crippen LogP contribution >= 0.6 is 22.9 Å². The molecule has 0 aliphatic heterocycles. The first kappa shape index (κ1) is 12.1. The number of aryl methyl sites for hydroxylation is 1. The molecule has 0 spiro atoms. The van der Waals surface area contributed by atoms with Gasteiger partial charge in [-0.25, -0.2) is 9.78 Å². The average Bonchev–Trinajstić information content (AvgIpc) is 2.73. The molecule has 0 fully saturated rings. The van der Waals surface area contributed by atoms with Gasteiger partial charge in [0.15, 0.2) is 5.69 Å². The lowest BCUT2D eigenvalue weighted by Gasteiger charge is -1.99. The van der Waals surface area contributed by atoms with Crippen LogP contribution in [-0.4, -0.2) is 16.1 Å². The third kappa shape index (κ3) is 2.48. The number of halogens is 1. The maximum atomic E-state index is 11.1. The second-order valence-electron chi connectivity index (χ2n) is 3.45. The summed E-state index contributed by atoms with van der Waals surface area (Å²) >= 11 is 7.30. The average molecular weight is 268 g/mol. The van der Waals surface area contributed by atoms with Gasteiger partial charge in [0.25, 0.3) is 0 Å². The molecule has 0 amide bonds. The fourth-order valence-corrected chi connectivity index (χ4v) is 2.67. The number of carboxylic acids is 1. The molecule has 0 saturated carbocycles. The fraction of sp³-hybridized carbons (Fsp3) is 0.167. The summed E-state index contributed by atoms with van der Waals surface area (Å²) in [4.78, 5) is 15.9. The first-order valence-corrected chi connectivity index (χ1v) is 6.30. The summed E-state index contributed by atoms with van der Waals surface area (Å²) in [5, 5.41) is 10.5. The normalized spacial score (nSPS) is 10.5. The summed E-state index contributed by atoms with van der Waals surface area (Å²) in [6.07, 6.45) is 0.728. The maximum absolute atomic E-state index is 11.1. The van der Waals surface area contributed by atoms with Crippen molar-refractivity contribution in [2.45, 2.75) is 13.3 Å². The molecule has 0 saturated heterocycles. The Bertz CT molecular complexity index is 565. The lowest BCUT2D eigenvalue weighted by Crippen LogP contribution is -1.99. The van der Waals surface area contributed by atoms with Gasteiger partial charge in [0, 0.05) is 5.02 Å². The van der Waals surface area contributed by atoms with Crippen LogP contribution in [0.3, 0.4) is 0 Å². The molecule has 1 aromatic heterocycles. The Morgan fingerprint density at radius 2 is 2.29 bits per heavy atom. The van der Waals surface area contributed by atoms with Crippen LogP contribution < -0.4 is 0 Å². The van der Waals surface area contributed by atoms with Gasteiger partial charge in [0.1, 0.15) is 0 Å². The highest BCUT2D eigenvalue weighted by atomic mass is 35.5. The Hall–Kier alpha value is -1.39. The van der Waals surface area contributed by atoms with Crippen LogP contribution in [0.15, 0.2) is 24.3 Å². The molecule has 0 aliphatic rings. The van der Waals surface area contributed by atoms with E-state index in [9.17, 15) is 4.79 Å². The minimum atomic E-state index is -1.00. The molecule has 1 N–H and O–H groups in total. The summed E-state index contributed by atoms with van der Waals surface area (Å²) in [7, 11) is 0. The SMILES string of the molecule is CCc1nc(C(=O)O)c(-c2cccc(Cl)c2)s1. The summed E-state index contributed by atoms with van der Waals surface area (Å²) in [5.74, 6) is -1.00. The van der Waals surface area contributed by atoms with Crippen molar-refractivity contribution < 1.29 is 9.90 Å². The summed E-state index contributed by atoms with van der Waals surface area (Å²) in [6, 6.07) is 7.15. The lowest BCUT2D eigenvalue weighted by atomic mass is 10.1. The van der Waals surface area contributed by atoms with E-state index in [1.165, 1.54) is 11.3 Å². The number of rotatable bonds is 3. The van der Waals surface area contributed by atoms with Gasteiger partial charge in [-0.1, -0.05) is 30.7 Å². The Labute approximate surface area is 108 Å². The van der Waals surface area contributed by atoms with E-state index in [-0.39, 0.29) is 5.69 Å². The van der Waals surface area contributed by atoms with Crippen LogP contribution in [0.4, 0.5) is 0 Å². The van der Waals surface area contributed by atoms with Gasteiger partial charge >= 0.3 is 5.97 Å². The number of aromatic carboxylic acids is 1. The van der Waals surface area contributed by atoms with Crippen molar-refractivity contribution in [2.24, 2.45) is 0 Å². The predicted molar refractivity (Wildman–Crippen MR) is 68.9 cm³/mol. The number of hydrogen-bond donors (Lipinski definition) is 1. The largest absolute Gasteiger partial charge is 0.476 e. The van der Waals surface area contributed by atoms with Crippen LogP contribution in [0, 0.1) is 0 Å². The van der Waals surface area contributed by atoms with Crippen molar-refractivity contribution in [2.75, 3.05) is 0 Å². The first-order valence-electron chi connectivity index (χ1n) is 5.10. The second kappa shape index (κ2) is 4.85. The van der Waals surface area contributed by atoms with Crippen molar-refractivity contribution in [1.29, 1.82) is 0 Å². The standard InChI is InChI=1S/C12H10ClNO2S/c1-2-9-14-10(12(15)16)11(17-9)7-4-3-5-8(13)6-7/h3-6H,2H2,1H3,(H,15,16). The maximum Gasteiger partial charge on any atom is 0.356 e. The van der Waals surface area contributed by atoms with Gasteiger partial charge in [-0.05, 0) is 24.1 Å². The van der Waals surface area contributed by atoms with E-state index in [0.717, 1.165) is 17.0 Å². The molecule has 0 bridgehead atoms. The van der Waals surface area contributed by atoms with Gasteiger partial charge in [0.05, 0.1) is 9.88 Å². The molecule has 0 unspecified atom stereocenters. The minimum Gasteiger partial charge on any atom is -0.476 e. The minimum absolute atomic E-state index is 0.106. The molecule has 88 valence electrons. The zero-order valence-corrected chi connectivity index (χ0v) is 10.7. The fourth-order valence-electron chi connectivity index (χ4n) is 1.49. The number of aromatic nitrogens is 1. The third-order valence-corrected chi connectivity index (χ3v) is 3.75. The van der Waals surface area contributed by atoms with Gasteiger partial charge in [0.2, 0.25) is 0 Å². The quantitative estimate of drug-likeness (QED) is 0.922. The monoisotopic (exact) mass is 267 g/mol. The number of benzene rings is 1. The highest BCUT2D eigenvalue weighted by molar-refractivity contribution is 7.15. The Morgan fingerprint density at radius 3 is 2.88 bits per heavy atom. The molecular weight excluding hydrogens is 258 g/mol. The Morgan fingerprint density at radius 1 is 1.53 bits per heavy atom. The highest BCUT2D eigenvalue weighted by Gasteiger charge is 2.18. The molecule has 0 atom stereocenters. The van der Waals surface area contributed by atoms with E-state index in [1.807, 2.05) is 13.0 Å². The molecule has 3 nitrogen and oxygen atoms in total. The smallest absolute Gasteiger partial charge is 0.356 e. The molecular formula is C12H10ClNO2S. The van der Waals surface area contributed by atoms with Crippen molar-refractivity contribution in [3.05, 3.63) is 40.0 Å². The van der Waals surface area contributed by atoms with Crippen molar-refractivity contribution in [3.8, 4) is 10.4 Å². The van der Waals surface area contributed by atoms with Gasteiger partial charge in [-0.15, -0.1) is 11.3 Å². The van der Waals surface area contributed by atoms with E-state index in [2.05, 4.69) is 4.98 Å². The molecule has 1 aromatic carbocycles. The highest BCUT2D eigenvalue weighted by Crippen LogP contribution is 2.32. The second-order valence-corrected chi connectivity index (χ2v) is 4.97. The van der Waals surface area contributed by atoms with Gasteiger partial charge in [-0.3, -0.25) is 0 Å². The number of carboxylic acid groups (broad SMARTS) is 1. The van der Waals surface area contributed by atoms with Crippen LogP contribution in [0.1, 0.15) is 22.4 Å². The van der Waals surface area contributed by atoms with Crippen molar-refractivity contribution >= 4 is 28.9 Å². The predicted octanol–water partition coefficient (Wildman–Crippen LogP) is 3.72. The van der Waals surface area contributed by atoms with Crippen LogP contribution in [-0.2, 0) is 6.42 Å². The number of thiazole rings is 1. The van der Waals surface area contributed by atoms with E-state index >= 15 is 0 Å². The zero-order valence-electron chi connectivity index (χ0n) is 9.11. The molecule has 17 heavy (non-hydrogen) atoms. The molecule has 5 heteroatoms. The lowest BCUT2D eigenvalue weighted by molar-refractivity contribution is 0.0692. The summed E-state index contributed by atoms with van der Waals surface area (Å²) < 4.78 is 0. The third-order valence-electron chi connectivity index (χ3n) is 2.26. The zero-order chi connectivity index (χ0) is 12.4. The van der Waals surface area contributed by atoms with Crippen molar-refractivity contribution in [3.63, 3.8) is 0 Å². The number of hydrogen-bond acceptors (Lipinski definition) is 3. The molecule has 0 radical (unpaired) electrons. The van der Waals surface area contributed by atoms with Crippen LogP contribution in [0.25, 0.3) is 10.4 Å². The number of carbonyl (C=O) groups is 1. The number of nitrogens with zero attached hydrogens (tertiary/aromatic N) is 1.